The van der Waals surface area contributed by atoms with Crippen LogP contribution >= 0.6 is 23.2 Å². The lowest BCUT2D eigenvalue weighted by atomic mass is 9.98. The van der Waals surface area contributed by atoms with Gasteiger partial charge < -0.3 is 25.1 Å². The summed E-state index contributed by atoms with van der Waals surface area (Å²) in [7, 11) is 0. The molecular weight excluding hydrogens is 551 g/mol. The molecule has 0 amide bonds. The molecule has 0 heterocycles. The summed E-state index contributed by atoms with van der Waals surface area (Å²) in [5.74, 6) is 0.200. The lowest BCUT2D eigenvalue weighted by Gasteiger charge is -2.18. The Morgan fingerprint density at radius 3 is 2.08 bits per heavy atom. The van der Waals surface area contributed by atoms with Gasteiger partial charge in [0, 0.05) is 27.8 Å². The average Bonchev–Trinajstić information content (AvgIpc) is 3.69. The molecule has 0 radical (unpaired) electrons. The first-order chi connectivity index (χ1) is 18.7. The van der Waals surface area contributed by atoms with Crippen molar-refractivity contribution in [2.75, 3.05) is 13.2 Å². The van der Waals surface area contributed by atoms with Gasteiger partial charge in [-0.3, -0.25) is 4.79 Å². The van der Waals surface area contributed by atoms with Gasteiger partial charge in [-0.15, -0.1) is 0 Å². The summed E-state index contributed by atoms with van der Waals surface area (Å²) < 4.78 is 27.3. The van der Waals surface area contributed by atoms with Crippen molar-refractivity contribution in [3.05, 3.63) is 87.9 Å². The molecule has 4 rings (SSSR count). The number of benzene rings is 3. The highest BCUT2D eigenvalue weighted by Gasteiger charge is 2.43. The van der Waals surface area contributed by atoms with Crippen molar-refractivity contribution >= 4 is 36.5 Å². The standard InChI is InChI=1S/C17H17Cl2N.C8H8F2O.C2H6O.CH2O2.CH2O/c1-2-20-17(8-9-17)13-5-3-4-12(10-13)15-7-6-14(18)11-16(15)19;1-6-2-4-7(5-3-6)11-8(9)10;1-2-3;2-1-3;1-2/h3-7,10-11,20H,2,8-9H2,1H3;2-5,8H,1H3;3H,2H2,1H3;1H,(H,2,3);1H2. The number of aliphatic hydroxyl groups is 1. The molecule has 0 aliphatic heterocycles. The largest absolute Gasteiger partial charge is 0.483 e. The molecule has 1 aliphatic rings. The second kappa shape index (κ2) is 19.9. The predicted molar refractivity (Wildman–Crippen MR) is 153 cm³/mol. The molecule has 10 heteroatoms. The number of nitrogens with one attached hydrogen (secondary N) is 1. The van der Waals surface area contributed by atoms with E-state index in [1.54, 1.807) is 25.1 Å². The van der Waals surface area contributed by atoms with Crippen molar-refractivity contribution in [1.82, 2.24) is 5.32 Å². The van der Waals surface area contributed by atoms with Crippen LogP contribution in [0, 0.1) is 6.92 Å². The zero-order valence-electron chi connectivity index (χ0n) is 22.2. The fraction of sp³-hybridized carbons (Fsp3) is 0.310. The first kappa shape index (κ1) is 36.0. The van der Waals surface area contributed by atoms with Crippen molar-refractivity contribution in [2.45, 2.75) is 45.8 Å². The van der Waals surface area contributed by atoms with E-state index in [-0.39, 0.29) is 24.4 Å². The minimum absolute atomic E-state index is 0.184. The van der Waals surface area contributed by atoms with Crippen LogP contribution in [0.1, 0.15) is 37.8 Å². The highest BCUT2D eigenvalue weighted by Crippen LogP contribution is 2.46. The Morgan fingerprint density at radius 2 is 1.62 bits per heavy atom. The Morgan fingerprint density at radius 1 is 1.05 bits per heavy atom. The summed E-state index contributed by atoms with van der Waals surface area (Å²) in [4.78, 5) is 16.4. The van der Waals surface area contributed by atoms with Gasteiger partial charge >= 0.3 is 6.61 Å². The van der Waals surface area contributed by atoms with E-state index < -0.39 is 6.61 Å². The number of rotatable bonds is 6. The summed E-state index contributed by atoms with van der Waals surface area (Å²) in [6, 6.07) is 20.8. The molecule has 1 saturated carbocycles. The van der Waals surface area contributed by atoms with Crippen molar-refractivity contribution < 1.29 is 33.3 Å². The predicted octanol–water partition coefficient (Wildman–Crippen LogP) is 7.37. The van der Waals surface area contributed by atoms with E-state index in [0.717, 1.165) is 23.2 Å². The Hall–Kier alpha value is -3.04. The molecule has 3 aromatic carbocycles. The van der Waals surface area contributed by atoms with Gasteiger partial charge in [0.05, 0.1) is 0 Å². The normalized spacial score (nSPS) is 12.0. The Labute approximate surface area is 238 Å². The third-order valence-corrected chi connectivity index (χ3v) is 5.72. The second-order valence-electron chi connectivity index (χ2n) is 7.93. The van der Waals surface area contributed by atoms with Crippen LogP contribution in [0.5, 0.6) is 5.75 Å². The average molecular weight is 587 g/mol. The lowest BCUT2D eigenvalue weighted by Crippen LogP contribution is -2.28. The first-order valence-electron chi connectivity index (χ1n) is 12.0. The zero-order valence-corrected chi connectivity index (χ0v) is 23.7. The van der Waals surface area contributed by atoms with E-state index in [4.69, 9.17) is 43.0 Å². The number of alkyl halides is 2. The molecular formula is C29H35Cl2F2NO5. The van der Waals surface area contributed by atoms with Gasteiger partial charge in [0.1, 0.15) is 12.5 Å². The maximum atomic E-state index is 11.6. The van der Waals surface area contributed by atoms with Gasteiger partial charge in [-0.2, -0.15) is 8.78 Å². The molecule has 6 nitrogen and oxygen atoms in total. The van der Waals surface area contributed by atoms with Crippen molar-refractivity contribution in [3.63, 3.8) is 0 Å². The molecule has 0 saturated heterocycles. The van der Waals surface area contributed by atoms with E-state index in [2.05, 4.69) is 41.2 Å². The van der Waals surface area contributed by atoms with Crippen molar-refractivity contribution in [3.8, 4) is 16.9 Å². The lowest BCUT2D eigenvalue weighted by molar-refractivity contribution is -0.122. The number of ether oxygens (including phenoxy) is 1. The van der Waals surface area contributed by atoms with Gasteiger partial charge in [0.15, 0.2) is 0 Å². The number of hydrogen-bond acceptors (Lipinski definition) is 5. The summed E-state index contributed by atoms with van der Waals surface area (Å²) in [6.07, 6.45) is 2.41. The Bertz CT molecular complexity index is 1100. The van der Waals surface area contributed by atoms with Gasteiger partial charge in [-0.1, -0.05) is 72.1 Å². The van der Waals surface area contributed by atoms with Gasteiger partial charge in [-0.05, 0) is 74.7 Å². The monoisotopic (exact) mass is 585 g/mol. The third-order valence-electron chi connectivity index (χ3n) is 5.17. The molecule has 3 aromatic rings. The number of aryl methyl sites for hydroxylation is 1. The highest BCUT2D eigenvalue weighted by atomic mass is 35.5. The highest BCUT2D eigenvalue weighted by molar-refractivity contribution is 6.36. The van der Waals surface area contributed by atoms with Crippen LogP contribution in [0.25, 0.3) is 11.1 Å². The van der Waals surface area contributed by atoms with E-state index in [0.29, 0.717) is 10.0 Å². The van der Waals surface area contributed by atoms with Crippen LogP contribution in [0.4, 0.5) is 8.78 Å². The van der Waals surface area contributed by atoms with Crippen molar-refractivity contribution in [2.24, 2.45) is 0 Å². The third kappa shape index (κ3) is 13.5. The van der Waals surface area contributed by atoms with E-state index in [9.17, 15) is 8.78 Å². The minimum Gasteiger partial charge on any atom is -0.483 e. The molecule has 39 heavy (non-hydrogen) atoms. The summed E-state index contributed by atoms with van der Waals surface area (Å²) >= 11 is 12.3. The number of carbonyl (C=O) groups is 2. The van der Waals surface area contributed by atoms with Crippen LogP contribution in [0.2, 0.25) is 10.0 Å². The second-order valence-corrected chi connectivity index (χ2v) is 8.77. The molecule has 1 fully saturated rings. The van der Waals surface area contributed by atoms with Crippen LogP contribution in [0.15, 0.2) is 66.7 Å². The number of carboxylic acid groups (broad SMARTS) is 1. The SMILES string of the molecule is C=O.CCNC1(c2cccc(-c3ccc(Cl)cc3Cl)c2)CC1.CCO.Cc1ccc(OC(F)F)cc1.O=CO. The first-order valence-corrected chi connectivity index (χ1v) is 12.7. The number of halogens is 4. The summed E-state index contributed by atoms with van der Waals surface area (Å²) in [5.41, 5.74) is 4.73. The van der Waals surface area contributed by atoms with E-state index >= 15 is 0 Å². The number of carbonyl (C=O) groups excluding carboxylic acids is 1. The van der Waals surface area contributed by atoms with E-state index in [1.165, 1.54) is 30.5 Å². The number of hydrogen-bond donors (Lipinski definition) is 3. The molecule has 3 N–H and O–H groups in total. The summed E-state index contributed by atoms with van der Waals surface area (Å²) in [6.45, 7) is 5.97. The van der Waals surface area contributed by atoms with Crippen molar-refractivity contribution in [1.29, 1.82) is 0 Å². The Balaban J connectivity index is 0.000000642. The van der Waals surface area contributed by atoms with Crippen LogP contribution in [-0.4, -0.2) is 43.2 Å². The topological polar surface area (TPSA) is 95.9 Å². The maximum Gasteiger partial charge on any atom is 0.387 e. The minimum atomic E-state index is -2.74. The van der Waals surface area contributed by atoms with E-state index in [1.807, 2.05) is 25.8 Å². The number of aliphatic hydroxyl groups excluding tert-OH is 1. The molecule has 0 unspecified atom stereocenters. The quantitative estimate of drug-likeness (QED) is 0.261. The molecule has 214 valence electrons. The molecule has 1 aliphatic carbocycles. The van der Waals surface area contributed by atoms with Gasteiger partial charge in [0.2, 0.25) is 0 Å². The molecule has 0 aromatic heterocycles. The maximum absolute atomic E-state index is 11.6. The molecule has 0 bridgehead atoms. The van der Waals surface area contributed by atoms with Gasteiger partial charge in [0.25, 0.3) is 6.47 Å². The smallest absolute Gasteiger partial charge is 0.387 e. The zero-order chi connectivity index (χ0) is 29.8. The Kier molecular flexibility index (Phi) is 18.4. The van der Waals surface area contributed by atoms with Crippen LogP contribution < -0.4 is 10.1 Å². The molecule has 0 atom stereocenters. The van der Waals surface area contributed by atoms with Crippen LogP contribution in [-0.2, 0) is 15.1 Å². The van der Waals surface area contributed by atoms with Crippen LogP contribution in [0.3, 0.4) is 0 Å². The molecule has 0 spiro atoms. The van der Waals surface area contributed by atoms with Gasteiger partial charge in [-0.25, -0.2) is 0 Å². The summed E-state index contributed by atoms with van der Waals surface area (Å²) in [5, 5.41) is 19.4. The fourth-order valence-electron chi connectivity index (χ4n) is 3.46. The fourth-order valence-corrected chi connectivity index (χ4v) is 3.98.